The number of nitrogens with zero attached hydrogens (tertiary/aromatic N) is 4. The van der Waals surface area contributed by atoms with Crippen molar-refractivity contribution in [3.05, 3.63) is 470 Å². The molecular weight excluding hydrogens is 1330 g/mol. The van der Waals surface area contributed by atoms with E-state index in [9.17, 15) is 0 Å². The third kappa shape index (κ3) is 15.8. The van der Waals surface area contributed by atoms with E-state index in [4.69, 9.17) is 0 Å². The molecule has 0 saturated carbocycles. The Labute approximate surface area is 644 Å². The zero-order valence-corrected chi connectivity index (χ0v) is 60.8. The van der Waals surface area contributed by atoms with Gasteiger partial charge in [-0.2, -0.15) is 0 Å². The fourth-order valence-electron chi connectivity index (χ4n) is 14.5. The first kappa shape index (κ1) is 68.5. The molecule has 4 nitrogen and oxygen atoms in total. The van der Waals surface area contributed by atoms with Gasteiger partial charge in [-0.3, -0.25) is 0 Å². The number of rotatable bonds is 19. The van der Waals surface area contributed by atoms with Crippen LogP contribution in [0.1, 0.15) is 33.4 Å². The van der Waals surface area contributed by atoms with Crippen LogP contribution in [0.2, 0.25) is 0 Å². The quantitative estimate of drug-likeness (QED) is 0.0748. The molecule has 0 fully saturated rings. The van der Waals surface area contributed by atoms with Gasteiger partial charge in [-0.25, -0.2) is 0 Å². The minimum absolute atomic E-state index is 1.10. The van der Waals surface area contributed by atoms with Gasteiger partial charge in [-0.1, -0.05) is 328 Å². The maximum absolute atomic E-state index is 2.35. The summed E-state index contributed by atoms with van der Waals surface area (Å²) in [7, 11) is 0. The van der Waals surface area contributed by atoms with Gasteiger partial charge in [0.1, 0.15) is 0 Å². The highest BCUT2D eigenvalue weighted by molar-refractivity contribution is 5.95. The molecule has 0 atom stereocenters. The van der Waals surface area contributed by atoms with Crippen molar-refractivity contribution >= 4 is 148 Å². The highest BCUT2D eigenvalue weighted by atomic mass is 15.2. The molecule has 0 bridgehead atoms. The molecule has 0 aromatic heterocycles. The lowest BCUT2D eigenvalue weighted by Gasteiger charge is -2.26. The SMILES string of the molecule is C(=C\c1ccc(N(c2ccc3ccccc3c2)c2ccc3ccccc3c2)cc1)/c1ccc(N(c2ccc3ccccc3c2)c2ccc3ccccc3c2)cc1.C(=C\c1ccc(N(c2ccccc2)c2ccc(-c3ccc(N(c4ccccc4)c4ccc(/C=C/c5ccccc5)cc4)cc3)cc2)cc1)/c1ccccc1. The summed E-state index contributed by atoms with van der Waals surface area (Å²) in [6, 6.07) is 156. The fraction of sp³-hybridized carbons (Fsp3) is 0. The smallest absolute Gasteiger partial charge is 0.0468 e. The predicted molar refractivity (Wildman–Crippen MR) is 473 cm³/mol. The average Bonchev–Trinajstić information content (AvgIpc) is 0.786. The molecule has 0 heterocycles. The summed E-state index contributed by atoms with van der Waals surface area (Å²) < 4.78 is 0. The summed E-state index contributed by atoms with van der Waals surface area (Å²) in [4.78, 5) is 9.31. The van der Waals surface area contributed by atoms with E-state index < -0.39 is 0 Å². The molecule has 0 radical (unpaired) electrons. The highest BCUT2D eigenvalue weighted by Gasteiger charge is 2.19. The third-order valence-electron chi connectivity index (χ3n) is 20.2. The lowest BCUT2D eigenvalue weighted by Crippen LogP contribution is -2.10. The van der Waals surface area contributed by atoms with Gasteiger partial charge in [0, 0.05) is 68.2 Å². The number of anilines is 12. The Morgan fingerprint density at radius 1 is 0.118 bits per heavy atom. The molecule has 0 N–H and O–H groups in total. The van der Waals surface area contributed by atoms with Gasteiger partial charge in [0.15, 0.2) is 0 Å². The molecule has 4 heteroatoms. The minimum atomic E-state index is 1.10. The maximum Gasteiger partial charge on any atom is 0.0468 e. The summed E-state index contributed by atoms with van der Waals surface area (Å²) in [6.45, 7) is 0. The summed E-state index contributed by atoms with van der Waals surface area (Å²) in [5, 5.41) is 9.82. The van der Waals surface area contributed by atoms with Gasteiger partial charge in [-0.15, -0.1) is 0 Å². The van der Waals surface area contributed by atoms with Crippen molar-refractivity contribution in [1.29, 1.82) is 0 Å². The van der Waals surface area contributed by atoms with Crippen LogP contribution >= 0.6 is 0 Å². The maximum atomic E-state index is 2.35. The van der Waals surface area contributed by atoms with E-state index in [1.807, 2.05) is 12.1 Å². The van der Waals surface area contributed by atoms with E-state index in [-0.39, 0.29) is 0 Å². The highest BCUT2D eigenvalue weighted by Crippen LogP contribution is 2.43. The van der Waals surface area contributed by atoms with Crippen LogP contribution in [-0.4, -0.2) is 0 Å². The van der Waals surface area contributed by atoms with Crippen molar-refractivity contribution < 1.29 is 0 Å². The molecule has 0 aliphatic heterocycles. The Morgan fingerprint density at radius 2 is 0.282 bits per heavy atom. The van der Waals surface area contributed by atoms with Gasteiger partial charge in [0.2, 0.25) is 0 Å². The zero-order chi connectivity index (χ0) is 73.6. The summed E-state index contributed by atoms with van der Waals surface area (Å²) in [5.74, 6) is 0. The number of para-hydroxylation sites is 2. The Morgan fingerprint density at radius 3 is 0.518 bits per heavy atom. The molecule has 18 rings (SSSR count). The second-order valence-corrected chi connectivity index (χ2v) is 27.4. The Kier molecular flexibility index (Phi) is 20.2. The molecule has 0 saturated heterocycles. The first-order valence-electron chi connectivity index (χ1n) is 37.5. The van der Waals surface area contributed by atoms with Gasteiger partial charge in [0.05, 0.1) is 0 Å². The molecule has 0 spiro atoms. The molecule has 0 aliphatic carbocycles. The molecule has 0 amide bonds. The Bertz CT molecular complexity index is 5680. The Balaban J connectivity index is 0.000000161. The number of benzene rings is 18. The van der Waals surface area contributed by atoms with Gasteiger partial charge in [0.25, 0.3) is 0 Å². The molecule has 0 aliphatic rings. The predicted octanol–water partition coefficient (Wildman–Crippen LogP) is 30.0. The van der Waals surface area contributed by atoms with Crippen LogP contribution < -0.4 is 19.6 Å². The van der Waals surface area contributed by atoms with Gasteiger partial charge < -0.3 is 19.6 Å². The summed E-state index contributed by atoms with van der Waals surface area (Å²) >= 11 is 0. The number of hydrogen-bond acceptors (Lipinski definition) is 4. The zero-order valence-electron chi connectivity index (χ0n) is 60.8. The fourth-order valence-corrected chi connectivity index (χ4v) is 14.5. The van der Waals surface area contributed by atoms with Crippen molar-refractivity contribution in [2.45, 2.75) is 0 Å². The second-order valence-electron chi connectivity index (χ2n) is 27.4. The van der Waals surface area contributed by atoms with E-state index in [0.717, 1.165) is 90.5 Å². The average molecular weight is 1410 g/mol. The largest absolute Gasteiger partial charge is 0.311 e. The van der Waals surface area contributed by atoms with Crippen LogP contribution in [0.3, 0.4) is 0 Å². The second kappa shape index (κ2) is 32.4. The third-order valence-corrected chi connectivity index (χ3v) is 20.2. The van der Waals surface area contributed by atoms with Crippen molar-refractivity contribution in [3.63, 3.8) is 0 Å². The van der Waals surface area contributed by atoms with Crippen molar-refractivity contribution in [2.24, 2.45) is 0 Å². The standard InChI is InChI=1S/C54H38N2.C52H40N2/c1-5-13-45-35-51(31-23-41(45)9-1)55(52-32-24-42-10-2-6-14-46(42)36-52)49-27-19-39(20-28-49)17-18-40-21-29-50(30-22-40)56(53-33-25-43-11-3-7-15-47(43)37-53)54-34-26-44-12-4-8-16-48(44)38-54;1-5-13-41(14-6-1)21-23-43-25-33-49(34-26-43)53(47-17-9-3-10-18-47)51-37-29-45(30-38-51)46-31-39-52(40-32-46)54(48-19-11-4-12-20-48)50-35-27-44(28-36-50)24-22-42-15-7-2-8-16-42/h1-38H;1-40H/b18-17+;23-21+,24-22+. The Hall–Kier alpha value is -14.6. The lowest BCUT2D eigenvalue weighted by molar-refractivity contribution is 1.28. The van der Waals surface area contributed by atoms with Crippen LogP contribution in [0.5, 0.6) is 0 Å². The van der Waals surface area contributed by atoms with E-state index in [0.29, 0.717) is 0 Å². The molecular formula is C106H78N4. The molecule has 18 aromatic rings. The molecule has 522 valence electrons. The van der Waals surface area contributed by atoms with E-state index in [2.05, 4.69) is 481 Å². The van der Waals surface area contributed by atoms with E-state index >= 15 is 0 Å². The van der Waals surface area contributed by atoms with Crippen molar-refractivity contribution in [2.75, 3.05) is 19.6 Å². The van der Waals surface area contributed by atoms with Crippen molar-refractivity contribution in [3.8, 4) is 11.1 Å². The van der Waals surface area contributed by atoms with E-state index in [1.165, 1.54) is 65.3 Å². The molecule has 110 heavy (non-hydrogen) atoms. The van der Waals surface area contributed by atoms with Crippen LogP contribution in [0.25, 0.3) is 90.7 Å². The van der Waals surface area contributed by atoms with Gasteiger partial charge >= 0.3 is 0 Å². The van der Waals surface area contributed by atoms with Crippen LogP contribution in [0, 0.1) is 0 Å². The summed E-state index contributed by atoms with van der Waals surface area (Å²) in [6.07, 6.45) is 13.0. The number of fused-ring (bicyclic) bond motifs is 4. The monoisotopic (exact) mass is 1410 g/mol. The first-order valence-corrected chi connectivity index (χ1v) is 37.5. The summed E-state index contributed by atoms with van der Waals surface area (Å²) in [5.41, 5.74) is 22.7. The number of hydrogen-bond donors (Lipinski definition) is 0. The lowest BCUT2D eigenvalue weighted by atomic mass is 10.0. The van der Waals surface area contributed by atoms with Crippen molar-refractivity contribution in [1.82, 2.24) is 0 Å². The molecule has 0 unspecified atom stereocenters. The van der Waals surface area contributed by atoms with Crippen LogP contribution in [-0.2, 0) is 0 Å². The van der Waals surface area contributed by atoms with Crippen LogP contribution in [0.4, 0.5) is 68.2 Å². The van der Waals surface area contributed by atoms with Crippen LogP contribution in [0.15, 0.2) is 437 Å². The first-order chi connectivity index (χ1) is 54.5. The topological polar surface area (TPSA) is 13.0 Å². The van der Waals surface area contributed by atoms with E-state index in [1.54, 1.807) is 0 Å². The molecule has 18 aromatic carbocycles. The normalized spacial score (nSPS) is 11.3. The minimum Gasteiger partial charge on any atom is -0.311 e. The van der Waals surface area contributed by atoms with Gasteiger partial charge in [-0.05, 0) is 233 Å².